The van der Waals surface area contributed by atoms with Crippen LogP contribution >= 0.6 is 0 Å². The normalized spacial score (nSPS) is 32.3. The Labute approximate surface area is 68.4 Å². The van der Waals surface area contributed by atoms with Gasteiger partial charge < -0.3 is 5.11 Å². The average molecular weight is 152 g/mol. The van der Waals surface area contributed by atoms with Gasteiger partial charge in [0.05, 0.1) is 6.10 Å². The highest BCUT2D eigenvalue weighted by molar-refractivity contribution is 5.17. The van der Waals surface area contributed by atoms with Crippen LogP contribution in [0.15, 0.2) is 24.3 Å². The Morgan fingerprint density at radius 3 is 2.73 bits per heavy atom. The molecule has 0 aromatic carbocycles. The standard InChI is InChI=1S/C10H16O/c1-3-9(11)10(2)7-5-4-6-8-10/h4-7,9,11H,3,8H2,1-2H3. The van der Waals surface area contributed by atoms with Gasteiger partial charge in [-0.25, -0.2) is 0 Å². The van der Waals surface area contributed by atoms with E-state index in [1.54, 1.807) is 0 Å². The van der Waals surface area contributed by atoms with Crippen LogP contribution < -0.4 is 0 Å². The molecule has 1 rings (SSSR count). The highest BCUT2D eigenvalue weighted by Gasteiger charge is 2.28. The fraction of sp³-hybridized carbons (Fsp3) is 0.600. The fourth-order valence-corrected chi connectivity index (χ4v) is 1.46. The van der Waals surface area contributed by atoms with E-state index in [1.807, 2.05) is 19.1 Å². The van der Waals surface area contributed by atoms with Gasteiger partial charge in [0.25, 0.3) is 0 Å². The monoisotopic (exact) mass is 152 g/mol. The predicted octanol–water partition coefficient (Wildman–Crippen LogP) is 2.28. The predicted molar refractivity (Wildman–Crippen MR) is 47.3 cm³/mol. The maximum Gasteiger partial charge on any atom is 0.0628 e. The van der Waals surface area contributed by atoms with Crippen molar-refractivity contribution in [1.29, 1.82) is 0 Å². The second kappa shape index (κ2) is 3.22. The molecule has 0 amide bonds. The first-order chi connectivity index (χ1) is 5.19. The van der Waals surface area contributed by atoms with Crippen molar-refractivity contribution < 1.29 is 5.11 Å². The maximum absolute atomic E-state index is 9.66. The minimum atomic E-state index is -0.205. The topological polar surface area (TPSA) is 20.2 Å². The van der Waals surface area contributed by atoms with Crippen molar-refractivity contribution in [2.24, 2.45) is 5.41 Å². The molecule has 11 heavy (non-hydrogen) atoms. The van der Waals surface area contributed by atoms with Crippen LogP contribution in [0.2, 0.25) is 0 Å². The van der Waals surface area contributed by atoms with E-state index in [0.29, 0.717) is 0 Å². The molecule has 0 fully saturated rings. The number of aliphatic hydroxyl groups excluding tert-OH is 1. The van der Waals surface area contributed by atoms with E-state index < -0.39 is 0 Å². The Balaban J connectivity index is 2.67. The zero-order valence-electron chi connectivity index (χ0n) is 7.25. The van der Waals surface area contributed by atoms with Crippen LogP contribution in [0.5, 0.6) is 0 Å². The lowest BCUT2D eigenvalue weighted by Gasteiger charge is -2.31. The molecule has 1 aliphatic rings. The van der Waals surface area contributed by atoms with Gasteiger partial charge in [-0.2, -0.15) is 0 Å². The van der Waals surface area contributed by atoms with E-state index in [1.165, 1.54) is 0 Å². The lowest BCUT2D eigenvalue weighted by Crippen LogP contribution is -2.30. The van der Waals surface area contributed by atoms with E-state index in [2.05, 4.69) is 19.1 Å². The summed E-state index contributed by atoms with van der Waals surface area (Å²) in [6.45, 7) is 4.11. The molecule has 0 saturated carbocycles. The summed E-state index contributed by atoms with van der Waals surface area (Å²) in [5.41, 5.74) is -0.0243. The van der Waals surface area contributed by atoms with E-state index in [-0.39, 0.29) is 11.5 Å². The average Bonchev–Trinajstić information content (AvgIpc) is 2.04. The quantitative estimate of drug-likeness (QED) is 0.643. The van der Waals surface area contributed by atoms with Gasteiger partial charge in [0, 0.05) is 5.41 Å². The largest absolute Gasteiger partial charge is 0.392 e. The number of hydrogen-bond donors (Lipinski definition) is 1. The van der Waals surface area contributed by atoms with Gasteiger partial charge in [-0.3, -0.25) is 0 Å². The molecule has 0 spiro atoms. The second-order valence-electron chi connectivity index (χ2n) is 3.42. The van der Waals surface area contributed by atoms with Crippen LogP contribution in [0.3, 0.4) is 0 Å². The third-order valence-electron chi connectivity index (χ3n) is 2.43. The Morgan fingerprint density at radius 1 is 1.55 bits per heavy atom. The van der Waals surface area contributed by atoms with Crippen molar-refractivity contribution in [2.75, 3.05) is 0 Å². The first-order valence-electron chi connectivity index (χ1n) is 4.21. The zero-order valence-corrected chi connectivity index (χ0v) is 7.25. The van der Waals surface area contributed by atoms with Gasteiger partial charge in [-0.15, -0.1) is 0 Å². The van der Waals surface area contributed by atoms with E-state index in [9.17, 15) is 5.11 Å². The van der Waals surface area contributed by atoms with Crippen LogP contribution in [0.4, 0.5) is 0 Å². The molecule has 0 aromatic rings. The summed E-state index contributed by atoms with van der Waals surface area (Å²) in [7, 11) is 0. The molecular weight excluding hydrogens is 136 g/mol. The Bertz CT molecular complexity index is 181. The summed E-state index contributed by atoms with van der Waals surface area (Å²) in [6.07, 6.45) is 9.84. The summed E-state index contributed by atoms with van der Waals surface area (Å²) >= 11 is 0. The molecule has 1 N–H and O–H groups in total. The smallest absolute Gasteiger partial charge is 0.0628 e. The summed E-state index contributed by atoms with van der Waals surface area (Å²) in [5.74, 6) is 0. The molecule has 0 saturated heterocycles. The summed E-state index contributed by atoms with van der Waals surface area (Å²) < 4.78 is 0. The number of aliphatic hydroxyl groups is 1. The van der Waals surface area contributed by atoms with Crippen molar-refractivity contribution in [3.05, 3.63) is 24.3 Å². The number of hydrogen-bond acceptors (Lipinski definition) is 1. The second-order valence-corrected chi connectivity index (χ2v) is 3.42. The molecule has 2 atom stereocenters. The maximum atomic E-state index is 9.66. The first-order valence-corrected chi connectivity index (χ1v) is 4.21. The minimum Gasteiger partial charge on any atom is -0.392 e. The minimum absolute atomic E-state index is 0.0243. The first kappa shape index (κ1) is 8.54. The molecule has 0 bridgehead atoms. The van der Waals surface area contributed by atoms with Crippen LogP contribution in [0, 0.1) is 5.41 Å². The fourth-order valence-electron chi connectivity index (χ4n) is 1.46. The van der Waals surface area contributed by atoms with Crippen molar-refractivity contribution in [2.45, 2.75) is 32.8 Å². The molecule has 62 valence electrons. The molecule has 1 heteroatoms. The van der Waals surface area contributed by atoms with Gasteiger partial charge in [-0.1, -0.05) is 38.2 Å². The number of rotatable bonds is 2. The van der Waals surface area contributed by atoms with Gasteiger partial charge in [0.15, 0.2) is 0 Å². The molecule has 1 aliphatic carbocycles. The van der Waals surface area contributed by atoms with E-state index in [0.717, 1.165) is 12.8 Å². The SMILES string of the molecule is CCC(O)C1(C)C=CC=CC1. The molecule has 1 nitrogen and oxygen atoms in total. The van der Waals surface area contributed by atoms with E-state index >= 15 is 0 Å². The van der Waals surface area contributed by atoms with Crippen molar-refractivity contribution in [1.82, 2.24) is 0 Å². The molecule has 0 radical (unpaired) electrons. The Hall–Kier alpha value is -0.560. The zero-order chi connectivity index (χ0) is 8.32. The highest BCUT2D eigenvalue weighted by Crippen LogP contribution is 2.32. The molecule has 0 aromatic heterocycles. The number of allylic oxidation sites excluding steroid dienone is 3. The Kier molecular flexibility index (Phi) is 2.50. The van der Waals surface area contributed by atoms with Gasteiger partial charge in [-0.05, 0) is 12.8 Å². The third kappa shape index (κ3) is 1.72. The summed E-state index contributed by atoms with van der Waals surface area (Å²) in [5, 5.41) is 9.66. The lowest BCUT2D eigenvalue weighted by molar-refractivity contribution is 0.0679. The third-order valence-corrected chi connectivity index (χ3v) is 2.43. The van der Waals surface area contributed by atoms with E-state index in [4.69, 9.17) is 0 Å². The summed E-state index contributed by atoms with van der Waals surface area (Å²) in [4.78, 5) is 0. The highest BCUT2D eigenvalue weighted by atomic mass is 16.3. The molecular formula is C10H16O. The van der Waals surface area contributed by atoms with Crippen molar-refractivity contribution in [3.63, 3.8) is 0 Å². The molecule has 0 heterocycles. The van der Waals surface area contributed by atoms with Gasteiger partial charge in [0.1, 0.15) is 0 Å². The molecule has 2 unspecified atom stereocenters. The van der Waals surface area contributed by atoms with Crippen LogP contribution in [0.25, 0.3) is 0 Å². The van der Waals surface area contributed by atoms with Crippen LogP contribution in [-0.2, 0) is 0 Å². The van der Waals surface area contributed by atoms with Gasteiger partial charge in [0.2, 0.25) is 0 Å². The Morgan fingerprint density at radius 2 is 2.27 bits per heavy atom. The summed E-state index contributed by atoms with van der Waals surface area (Å²) in [6, 6.07) is 0. The molecule has 0 aliphatic heterocycles. The van der Waals surface area contributed by atoms with Crippen molar-refractivity contribution in [3.8, 4) is 0 Å². The van der Waals surface area contributed by atoms with Crippen LogP contribution in [0.1, 0.15) is 26.7 Å². The lowest BCUT2D eigenvalue weighted by atomic mass is 9.78. The van der Waals surface area contributed by atoms with Crippen LogP contribution in [-0.4, -0.2) is 11.2 Å². The van der Waals surface area contributed by atoms with Crippen molar-refractivity contribution >= 4 is 0 Å². The van der Waals surface area contributed by atoms with Gasteiger partial charge >= 0.3 is 0 Å².